The van der Waals surface area contributed by atoms with Crippen LogP contribution in [0.2, 0.25) is 0 Å². The van der Waals surface area contributed by atoms with Crippen LogP contribution in [0.5, 0.6) is 0 Å². The molecule has 2 rings (SSSR count). The Morgan fingerprint density at radius 2 is 2.00 bits per heavy atom. The molecule has 17 heavy (non-hydrogen) atoms. The maximum atomic E-state index is 5.67. The lowest BCUT2D eigenvalue weighted by atomic mass is 10.1. The van der Waals surface area contributed by atoms with Gasteiger partial charge in [0.1, 0.15) is 5.82 Å². The fraction of sp³-hybridized carbons (Fsp3) is 0.357. The maximum Gasteiger partial charge on any atom is 0.140 e. The molecule has 0 aliphatic carbocycles. The summed E-state index contributed by atoms with van der Waals surface area (Å²) in [7, 11) is 0. The molecule has 1 heterocycles. The van der Waals surface area contributed by atoms with E-state index in [4.69, 9.17) is 5.73 Å². The number of benzene rings is 1. The summed E-state index contributed by atoms with van der Waals surface area (Å²) in [4.78, 5) is 4.62. The minimum atomic E-state index is 0.386. The molecular weight excluding hydrogens is 210 g/mol. The quantitative estimate of drug-likeness (QED) is 0.879. The summed E-state index contributed by atoms with van der Waals surface area (Å²) in [5, 5.41) is 0. The van der Waals surface area contributed by atoms with Crippen molar-refractivity contribution in [3.63, 3.8) is 0 Å². The summed E-state index contributed by atoms with van der Waals surface area (Å²) in [6, 6.07) is 8.69. The molecule has 0 spiro atoms. The number of imidazole rings is 1. The molecule has 0 bridgehead atoms. The molecule has 3 nitrogen and oxygen atoms in total. The van der Waals surface area contributed by atoms with Crippen LogP contribution in [0.25, 0.3) is 11.4 Å². The first-order valence-electron chi connectivity index (χ1n) is 5.97. The summed E-state index contributed by atoms with van der Waals surface area (Å²) < 4.78 is 2.19. The number of aromatic nitrogens is 2. The van der Waals surface area contributed by atoms with Gasteiger partial charge < -0.3 is 10.3 Å². The average molecular weight is 229 g/mol. The van der Waals surface area contributed by atoms with Crippen molar-refractivity contribution in [3.05, 3.63) is 41.7 Å². The largest absolute Gasteiger partial charge is 0.328 e. The Bertz CT molecular complexity index is 512. The maximum absolute atomic E-state index is 5.67. The number of hydrogen-bond acceptors (Lipinski definition) is 2. The van der Waals surface area contributed by atoms with Gasteiger partial charge in [-0.15, -0.1) is 0 Å². The third kappa shape index (κ3) is 2.24. The molecule has 3 heteroatoms. The van der Waals surface area contributed by atoms with Gasteiger partial charge in [-0.25, -0.2) is 4.98 Å². The van der Waals surface area contributed by atoms with Crippen LogP contribution >= 0.6 is 0 Å². The number of rotatable bonds is 3. The van der Waals surface area contributed by atoms with Crippen LogP contribution in [0.4, 0.5) is 0 Å². The molecule has 0 fully saturated rings. The zero-order chi connectivity index (χ0) is 12.4. The van der Waals surface area contributed by atoms with Crippen molar-refractivity contribution in [1.29, 1.82) is 0 Å². The van der Waals surface area contributed by atoms with Crippen molar-refractivity contribution in [2.24, 2.45) is 5.73 Å². The number of nitrogens with two attached hydrogens (primary N) is 1. The van der Waals surface area contributed by atoms with Crippen LogP contribution in [-0.2, 0) is 6.54 Å². The van der Waals surface area contributed by atoms with E-state index < -0.39 is 0 Å². The van der Waals surface area contributed by atoms with Gasteiger partial charge in [0.05, 0.1) is 5.69 Å². The third-order valence-electron chi connectivity index (χ3n) is 2.93. The fourth-order valence-corrected chi connectivity index (χ4v) is 1.96. The first-order chi connectivity index (χ1) is 8.13. The zero-order valence-corrected chi connectivity index (χ0v) is 10.6. The summed E-state index contributed by atoms with van der Waals surface area (Å²) in [6.07, 6.45) is 2.05. The Balaban J connectivity index is 2.58. The summed E-state index contributed by atoms with van der Waals surface area (Å²) >= 11 is 0. The first-order valence-corrected chi connectivity index (χ1v) is 5.97. The van der Waals surface area contributed by atoms with E-state index in [9.17, 15) is 0 Å². The van der Waals surface area contributed by atoms with Gasteiger partial charge in [0, 0.05) is 24.3 Å². The highest BCUT2D eigenvalue weighted by Crippen LogP contribution is 2.25. The lowest BCUT2D eigenvalue weighted by Gasteiger charge is -2.12. The van der Waals surface area contributed by atoms with Crippen LogP contribution in [0.3, 0.4) is 0 Å². The van der Waals surface area contributed by atoms with E-state index in [1.165, 1.54) is 11.1 Å². The molecule has 0 aliphatic heterocycles. The molecule has 1 aromatic carbocycles. The van der Waals surface area contributed by atoms with E-state index in [0.29, 0.717) is 12.6 Å². The van der Waals surface area contributed by atoms with Gasteiger partial charge in [-0.3, -0.25) is 0 Å². The van der Waals surface area contributed by atoms with Gasteiger partial charge in [-0.2, -0.15) is 0 Å². The van der Waals surface area contributed by atoms with E-state index >= 15 is 0 Å². The number of hydrogen-bond donors (Lipinski definition) is 1. The van der Waals surface area contributed by atoms with Crippen LogP contribution < -0.4 is 5.73 Å². The number of aryl methyl sites for hydroxylation is 1. The SMILES string of the molecule is Cc1ccccc1-c1nc(CN)cn1C(C)C. The topological polar surface area (TPSA) is 43.8 Å². The summed E-state index contributed by atoms with van der Waals surface area (Å²) in [5.74, 6) is 1.01. The minimum absolute atomic E-state index is 0.386. The molecule has 0 saturated carbocycles. The van der Waals surface area contributed by atoms with Crippen LogP contribution in [0, 0.1) is 6.92 Å². The standard InChI is InChI=1S/C14H19N3/c1-10(2)17-9-12(8-15)16-14(17)13-7-5-4-6-11(13)3/h4-7,9-10H,8,15H2,1-3H3. The summed E-state index contributed by atoms with van der Waals surface area (Å²) in [5.41, 5.74) is 9.03. The molecule has 1 aromatic heterocycles. The molecule has 90 valence electrons. The lowest BCUT2D eigenvalue weighted by molar-refractivity contribution is 0.605. The average Bonchev–Trinajstić information content (AvgIpc) is 2.73. The second-order valence-electron chi connectivity index (χ2n) is 4.58. The second-order valence-corrected chi connectivity index (χ2v) is 4.58. The van der Waals surface area contributed by atoms with Crippen molar-refractivity contribution in [2.75, 3.05) is 0 Å². The van der Waals surface area contributed by atoms with Crippen LogP contribution in [0.15, 0.2) is 30.5 Å². The Morgan fingerprint density at radius 3 is 2.59 bits per heavy atom. The van der Waals surface area contributed by atoms with Crippen molar-refractivity contribution >= 4 is 0 Å². The smallest absolute Gasteiger partial charge is 0.140 e. The van der Waals surface area contributed by atoms with Crippen molar-refractivity contribution < 1.29 is 0 Å². The molecule has 2 aromatic rings. The Kier molecular flexibility index (Phi) is 3.29. The Morgan fingerprint density at radius 1 is 1.29 bits per heavy atom. The molecule has 0 radical (unpaired) electrons. The van der Waals surface area contributed by atoms with E-state index in [0.717, 1.165) is 11.5 Å². The summed E-state index contributed by atoms with van der Waals surface area (Å²) in [6.45, 7) is 6.91. The lowest BCUT2D eigenvalue weighted by Crippen LogP contribution is -2.02. The highest BCUT2D eigenvalue weighted by atomic mass is 15.1. The highest BCUT2D eigenvalue weighted by molar-refractivity contribution is 5.60. The van der Waals surface area contributed by atoms with E-state index in [-0.39, 0.29) is 0 Å². The van der Waals surface area contributed by atoms with Gasteiger partial charge in [0.25, 0.3) is 0 Å². The second kappa shape index (κ2) is 4.72. The molecule has 0 atom stereocenters. The molecule has 0 saturated heterocycles. The van der Waals surface area contributed by atoms with Crippen LogP contribution in [0.1, 0.15) is 31.1 Å². The van der Waals surface area contributed by atoms with Crippen LogP contribution in [-0.4, -0.2) is 9.55 Å². The predicted octanol–water partition coefficient (Wildman–Crippen LogP) is 2.90. The van der Waals surface area contributed by atoms with Gasteiger partial charge in [-0.1, -0.05) is 24.3 Å². The molecule has 0 unspecified atom stereocenters. The monoisotopic (exact) mass is 229 g/mol. The first kappa shape index (κ1) is 11.9. The van der Waals surface area contributed by atoms with Crippen molar-refractivity contribution in [2.45, 2.75) is 33.4 Å². The normalized spacial score (nSPS) is 11.1. The van der Waals surface area contributed by atoms with E-state index in [2.05, 4.69) is 42.5 Å². The molecular formula is C14H19N3. The molecule has 0 aliphatic rings. The molecule has 0 amide bonds. The van der Waals surface area contributed by atoms with Crippen molar-refractivity contribution in [3.8, 4) is 11.4 Å². The molecule has 2 N–H and O–H groups in total. The predicted molar refractivity (Wildman–Crippen MR) is 70.7 cm³/mol. The van der Waals surface area contributed by atoms with Gasteiger partial charge in [0.2, 0.25) is 0 Å². The third-order valence-corrected chi connectivity index (χ3v) is 2.93. The zero-order valence-electron chi connectivity index (χ0n) is 10.6. The van der Waals surface area contributed by atoms with Gasteiger partial charge >= 0.3 is 0 Å². The van der Waals surface area contributed by atoms with Gasteiger partial charge in [-0.05, 0) is 26.3 Å². The van der Waals surface area contributed by atoms with E-state index in [1.54, 1.807) is 0 Å². The Labute approximate surface area is 102 Å². The van der Waals surface area contributed by atoms with E-state index in [1.807, 2.05) is 18.3 Å². The highest BCUT2D eigenvalue weighted by Gasteiger charge is 2.12. The van der Waals surface area contributed by atoms with Crippen molar-refractivity contribution in [1.82, 2.24) is 9.55 Å². The fourth-order valence-electron chi connectivity index (χ4n) is 1.96. The minimum Gasteiger partial charge on any atom is -0.328 e. The van der Waals surface area contributed by atoms with Gasteiger partial charge in [0.15, 0.2) is 0 Å². The Hall–Kier alpha value is -1.61. The number of nitrogens with zero attached hydrogens (tertiary/aromatic N) is 2.